The number of esters is 1. The van der Waals surface area contributed by atoms with E-state index in [0.717, 1.165) is 19.6 Å². The lowest BCUT2D eigenvalue weighted by molar-refractivity contribution is -0.150. The fraction of sp³-hybridized carbons (Fsp3) is 0.500. The van der Waals surface area contributed by atoms with Crippen LogP contribution in [0.4, 0.5) is 0 Å². The van der Waals surface area contributed by atoms with Crippen molar-refractivity contribution in [2.45, 2.75) is 26.5 Å². The number of hydrogen-bond donors (Lipinski definition) is 1. The molecule has 0 saturated carbocycles. The van der Waals surface area contributed by atoms with E-state index in [2.05, 4.69) is 23.5 Å². The zero-order chi connectivity index (χ0) is 13.5. The molecule has 0 aliphatic carbocycles. The van der Waals surface area contributed by atoms with Gasteiger partial charge in [-0.1, -0.05) is 38.1 Å². The first-order valence-electron chi connectivity index (χ1n) is 6.19. The molecule has 0 bridgehead atoms. The number of hydrogen-bond acceptors (Lipinski definition) is 4. The van der Waals surface area contributed by atoms with Gasteiger partial charge in [0.05, 0.1) is 7.11 Å². The zero-order valence-corrected chi connectivity index (χ0v) is 11.2. The lowest BCUT2D eigenvalue weighted by Crippen LogP contribution is -2.22. The number of methoxy groups -OCH3 is 1. The molecule has 0 aliphatic rings. The van der Waals surface area contributed by atoms with Gasteiger partial charge in [-0.15, -0.1) is 0 Å². The predicted octanol–water partition coefficient (Wildman–Crippen LogP) is 1.73. The summed E-state index contributed by atoms with van der Waals surface area (Å²) in [6.45, 7) is 7.13. The van der Waals surface area contributed by atoms with Gasteiger partial charge in [0.1, 0.15) is 0 Å². The highest BCUT2D eigenvalue weighted by atomic mass is 16.5. The molecule has 1 N–H and O–H groups in total. The monoisotopic (exact) mass is 251 g/mol. The van der Waals surface area contributed by atoms with Crippen molar-refractivity contribution in [3.05, 3.63) is 35.4 Å². The number of rotatable bonds is 6. The van der Waals surface area contributed by atoms with Crippen molar-refractivity contribution in [2.75, 3.05) is 20.2 Å². The van der Waals surface area contributed by atoms with Gasteiger partial charge in [0, 0.05) is 6.54 Å². The van der Waals surface area contributed by atoms with Crippen molar-refractivity contribution >= 4 is 5.97 Å². The molecule has 1 aromatic rings. The summed E-state index contributed by atoms with van der Waals surface area (Å²) in [7, 11) is 1.26. The van der Waals surface area contributed by atoms with Crippen LogP contribution in [0.1, 0.15) is 31.1 Å². The Morgan fingerprint density at radius 2 is 1.83 bits per heavy atom. The minimum Gasteiger partial charge on any atom is -0.467 e. The maximum Gasteiger partial charge on any atom is 0.339 e. The van der Waals surface area contributed by atoms with E-state index in [0.29, 0.717) is 5.56 Å². The van der Waals surface area contributed by atoms with Crippen molar-refractivity contribution in [1.29, 1.82) is 0 Å². The van der Waals surface area contributed by atoms with E-state index in [4.69, 9.17) is 0 Å². The van der Waals surface area contributed by atoms with E-state index in [1.54, 1.807) is 12.1 Å². The maximum absolute atomic E-state index is 11.2. The molecular formula is C14H21NO3. The number of aliphatic hydroxyl groups excluding tert-OH is 1. The highest BCUT2D eigenvalue weighted by molar-refractivity contribution is 5.76. The second kappa shape index (κ2) is 7.13. The Bertz CT molecular complexity index is 371. The summed E-state index contributed by atoms with van der Waals surface area (Å²) in [4.78, 5) is 13.5. The summed E-state index contributed by atoms with van der Waals surface area (Å²) in [5, 5.41) is 9.67. The summed E-state index contributed by atoms with van der Waals surface area (Å²) in [6.07, 6.45) is -1.20. The van der Waals surface area contributed by atoms with Crippen molar-refractivity contribution in [2.24, 2.45) is 0 Å². The number of carbonyl (C=O) groups excluding carboxylic acids is 1. The lowest BCUT2D eigenvalue weighted by atomic mass is 10.1. The topological polar surface area (TPSA) is 49.8 Å². The number of ether oxygens (including phenoxy) is 1. The third kappa shape index (κ3) is 3.82. The molecule has 0 aromatic heterocycles. The number of carbonyl (C=O) groups is 1. The van der Waals surface area contributed by atoms with E-state index in [1.165, 1.54) is 12.7 Å². The van der Waals surface area contributed by atoms with Crippen LogP contribution in [0.2, 0.25) is 0 Å². The van der Waals surface area contributed by atoms with Gasteiger partial charge in [-0.05, 0) is 24.2 Å². The Morgan fingerprint density at radius 1 is 1.28 bits per heavy atom. The van der Waals surface area contributed by atoms with Crippen molar-refractivity contribution in [3.8, 4) is 0 Å². The Balaban J connectivity index is 2.70. The first-order valence-corrected chi connectivity index (χ1v) is 6.19. The average molecular weight is 251 g/mol. The Morgan fingerprint density at radius 3 is 2.28 bits per heavy atom. The van der Waals surface area contributed by atoms with Gasteiger partial charge in [0.25, 0.3) is 0 Å². The highest BCUT2D eigenvalue weighted by Gasteiger charge is 2.17. The van der Waals surface area contributed by atoms with Crippen LogP contribution in [-0.2, 0) is 16.1 Å². The fourth-order valence-corrected chi connectivity index (χ4v) is 1.76. The molecule has 0 heterocycles. The van der Waals surface area contributed by atoms with Gasteiger partial charge in [-0.3, -0.25) is 4.90 Å². The molecule has 0 saturated heterocycles. The molecule has 1 rings (SSSR count). The lowest BCUT2D eigenvalue weighted by Gasteiger charge is -2.18. The van der Waals surface area contributed by atoms with Crippen molar-refractivity contribution in [1.82, 2.24) is 4.90 Å². The Labute approximate surface area is 108 Å². The molecule has 0 aliphatic heterocycles. The molecule has 1 unspecified atom stereocenters. The molecular weight excluding hydrogens is 230 g/mol. The molecule has 0 fully saturated rings. The Hall–Kier alpha value is -1.39. The number of nitrogens with zero attached hydrogens (tertiary/aromatic N) is 1. The van der Waals surface area contributed by atoms with E-state index in [9.17, 15) is 9.90 Å². The van der Waals surface area contributed by atoms with Crippen molar-refractivity contribution < 1.29 is 14.6 Å². The third-order valence-corrected chi connectivity index (χ3v) is 3.02. The van der Waals surface area contributed by atoms with Gasteiger partial charge in [-0.25, -0.2) is 4.79 Å². The molecule has 0 radical (unpaired) electrons. The van der Waals surface area contributed by atoms with Crippen LogP contribution in [0.5, 0.6) is 0 Å². The Kier molecular flexibility index (Phi) is 5.82. The fourth-order valence-electron chi connectivity index (χ4n) is 1.76. The van der Waals surface area contributed by atoms with Gasteiger partial charge in [-0.2, -0.15) is 0 Å². The van der Waals surface area contributed by atoms with E-state index < -0.39 is 12.1 Å². The normalized spacial score (nSPS) is 12.5. The standard InChI is InChI=1S/C14H21NO3/c1-4-15(5-2)10-11-6-8-12(9-7-11)13(16)14(17)18-3/h6-9,13,16H,4-5,10H2,1-3H3. The third-order valence-electron chi connectivity index (χ3n) is 3.02. The smallest absolute Gasteiger partial charge is 0.339 e. The summed E-state index contributed by atoms with van der Waals surface area (Å²) in [6, 6.07) is 7.39. The van der Waals surface area contributed by atoms with Crippen molar-refractivity contribution in [3.63, 3.8) is 0 Å². The second-order valence-corrected chi connectivity index (χ2v) is 4.13. The summed E-state index contributed by atoms with van der Waals surface area (Å²) >= 11 is 0. The molecule has 0 spiro atoms. The maximum atomic E-state index is 11.2. The molecule has 18 heavy (non-hydrogen) atoms. The van der Waals surface area contributed by atoms with Gasteiger partial charge >= 0.3 is 5.97 Å². The number of benzene rings is 1. The predicted molar refractivity (Wildman–Crippen MR) is 70.0 cm³/mol. The summed E-state index contributed by atoms with van der Waals surface area (Å²) in [5.74, 6) is -0.633. The van der Waals surface area contributed by atoms with Crippen LogP contribution in [0.3, 0.4) is 0 Å². The number of aliphatic hydroxyl groups is 1. The van der Waals surface area contributed by atoms with Gasteiger partial charge < -0.3 is 9.84 Å². The van der Waals surface area contributed by atoms with E-state index in [-0.39, 0.29) is 0 Å². The van der Waals surface area contributed by atoms with Crippen LogP contribution >= 0.6 is 0 Å². The first kappa shape index (κ1) is 14.7. The molecule has 100 valence electrons. The molecule has 1 aromatic carbocycles. The second-order valence-electron chi connectivity index (χ2n) is 4.13. The minimum atomic E-state index is -1.20. The SMILES string of the molecule is CCN(CC)Cc1ccc(C(O)C(=O)OC)cc1. The zero-order valence-electron chi connectivity index (χ0n) is 11.2. The van der Waals surface area contributed by atoms with Crippen LogP contribution < -0.4 is 0 Å². The van der Waals surface area contributed by atoms with Crippen LogP contribution in [0, 0.1) is 0 Å². The molecule has 4 nitrogen and oxygen atoms in total. The summed E-state index contributed by atoms with van der Waals surface area (Å²) in [5.41, 5.74) is 1.73. The minimum absolute atomic E-state index is 0.560. The van der Waals surface area contributed by atoms with Crippen LogP contribution in [0.15, 0.2) is 24.3 Å². The largest absolute Gasteiger partial charge is 0.467 e. The summed E-state index contributed by atoms with van der Waals surface area (Å²) < 4.78 is 4.50. The highest BCUT2D eigenvalue weighted by Crippen LogP contribution is 2.16. The van der Waals surface area contributed by atoms with Crippen LogP contribution in [-0.4, -0.2) is 36.2 Å². The van der Waals surface area contributed by atoms with Gasteiger partial charge in [0.15, 0.2) is 6.10 Å². The van der Waals surface area contributed by atoms with E-state index in [1.807, 2.05) is 12.1 Å². The molecule has 0 amide bonds. The molecule has 4 heteroatoms. The quantitative estimate of drug-likeness (QED) is 0.782. The first-order chi connectivity index (χ1) is 8.62. The van der Waals surface area contributed by atoms with Crippen LogP contribution in [0.25, 0.3) is 0 Å². The van der Waals surface area contributed by atoms with Gasteiger partial charge in [0.2, 0.25) is 0 Å². The van der Waals surface area contributed by atoms with E-state index >= 15 is 0 Å². The average Bonchev–Trinajstić information content (AvgIpc) is 2.43. The molecule has 1 atom stereocenters.